The van der Waals surface area contributed by atoms with Crippen LogP contribution in [0.2, 0.25) is 0 Å². The van der Waals surface area contributed by atoms with Crippen molar-refractivity contribution in [1.29, 1.82) is 0 Å². The van der Waals surface area contributed by atoms with E-state index in [0.717, 1.165) is 16.5 Å². The minimum absolute atomic E-state index is 0.0193. The average molecular weight is 497 g/mol. The van der Waals surface area contributed by atoms with Gasteiger partial charge in [-0.1, -0.05) is 28.1 Å². The smallest absolute Gasteiger partial charge is 0.290 e. The molecule has 7 heteroatoms. The number of hydrogen-bond donors (Lipinski definition) is 0. The van der Waals surface area contributed by atoms with Crippen LogP contribution < -0.4 is 0 Å². The summed E-state index contributed by atoms with van der Waals surface area (Å²) in [4.78, 5) is 28.7. The third-order valence-electron chi connectivity index (χ3n) is 6.04. The van der Waals surface area contributed by atoms with Crippen molar-refractivity contribution in [2.24, 2.45) is 5.92 Å². The molecule has 5 nitrogen and oxygen atoms in total. The summed E-state index contributed by atoms with van der Waals surface area (Å²) in [7, 11) is 0. The maximum atomic E-state index is 13.6. The van der Waals surface area contributed by atoms with E-state index < -0.39 is 6.04 Å². The molecule has 0 radical (unpaired) electrons. The van der Waals surface area contributed by atoms with E-state index in [4.69, 9.17) is 21.1 Å². The van der Waals surface area contributed by atoms with Gasteiger partial charge >= 0.3 is 0 Å². The number of ketones is 1. The minimum Gasteiger partial charge on any atom is -0.483 e. The van der Waals surface area contributed by atoms with Crippen molar-refractivity contribution < 1.29 is 19.1 Å². The van der Waals surface area contributed by atoms with Gasteiger partial charge in [-0.2, -0.15) is 0 Å². The molecule has 30 heavy (non-hydrogen) atoms. The highest BCUT2D eigenvalue weighted by atomic mass is 79.9. The number of fused-ring (bicyclic) bond motifs is 1. The van der Waals surface area contributed by atoms with Gasteiger partial charge in [-0.15, -0.1) is 11.6 Å². The predicted octanol–water partition coefficient (Wildman–Crippen LogP) is 4.78. The highest BCUT2D eigenvalue weighted by molar-refractivity contribution is 9.10. The number of hydrogen-bond acceptors (Lipinski definition) is 4. The number of ether oxygens (including phenoxy) is 2. The van der Waals surface area contributed by atoms with Crippen molar-refractivity contribution in [3.63, 3.8) is 0 Å². The first-order valence-electron chi connectivity index (χ1n) is 10.6. The molecule has 0 bridgehead atoms. The van der Waals surface area contributed by atoms with E-state index in [1.807, 2.05) is 38.1 Å². The lowest BCUT2D eigenvalue weighted by Gasteiger charge is -2.37. The maximum Gasteiger partial charge on any atom is 0.290 e. The molecule has 162 valence electrons. The third-order valence-corrected chi connectivity index (χ3v) is 6.93. The number of carbonyl (C=O) groups is 2. The van der Waals surface area contributed by atoms with E-state index in [1.165, 1.54) is 0 Å². The summed E-state index contributed by atoms with van der Waals surface area (Å²) in [5.74, 6) is -0.208. The number of halogens is 2. The first-order chi connectivity index (χ1) is 14.4. The number of rotatable bonds is 6. The van der Waals surface area contributed by atoms with Gasteiger partial charge in [-0.25, -0.2) is 0 Å². The van der Waals surface area contributed by atoms with Crippen LogP contribution in [-0.4, -0.2) is 47.3 Å². The van der Waals surface area contributed by atoms with Gasteiger partial charge in [0.25, 0.3) is 5.91 Å². The second-order valence-corrected chi connectivity index (χ2v) is 10.0. The molecule has 1 saturated carbocycles. The fourth-order valence-corrected chi connectivity index (χ4v) is 5.41. The summed E-state index contributed by atoms with van der Waals surface area (Å²) >= 11 is 9.88. The lowest BCUT2D eigenvalue weighted by molar-refractivity contribution is -0.135. The van der Waals surface area contributed by atoms with Crippen LogP contribution in [-0.2, 0) is 19.1 Å². The number of carbonyl (C=O) groups excluding carboxylic acids is 2. The van der Waals surface area contributed by atoms with Gasteiger partial charge in [-0.3, -0.25) is 9.59 Å². The van der Waals surface area contributed by atoms with Crippen molar-refractivity contribution in [3.05, 3.63) is 45.6 Å². The molecule has 0 N–H and O–H groups in total. The van der Waals surface area contributed by atoms with Crippen molar-refractivity contribution in [2.45, 2.75) is 63.2 Å². The van der Waals surface area contributed by atoms with Crippen molar-refractivity contribution in [2.75, 3.05) is 13.2 Å². The monoisotopic (exact) mass is 495 g/mol. The van der Waals surface area contributed by atoms with Crippen molar-refractivity contribution >= 4 is 39.2 Å². The Morgan fingerprint density at radius 3 is 2.83 bits per heavy atom. The third kappa shape index (κ3) is 4.19. The molecule has 2 aliphatic heterocycles. The fraction of sp³-hybridized carbons (Fsp3) is 0.565. The second kappa shape index (κ2) is 9.01. The van der Waals surface area contributed by atoms with Crippen LogP contribution in [0.5, 0.6) is 0 Å². The average Bonchev–Trinajstić information content (AvgIpc) is 2.98. The fourth-order valence-electron chi connectivity index (χ4n) is 4.67. The Balaban J connectivity index is 1.66. The van der Waals surface area contributed by atoms with Gasteiger partial charge in [-0.05, 0) is 57.2 Å². The van der Waals surface area contributed by atoms with Gasteiger partial charge in [0.15, 0.2) is 11.5 Å². The highest BCUT2D eigenvalue weighted by Gasteiger charge is 2.52. The van der Waals surface area contributed by atoms with Crippen LogP contribution in [0.4, 0.5) is 0 Å². The predicted molar refractivity (Wildman–Crippen MR) is 118 cm³/mol. The van der Waals surface area contributed by atoms with E-state index >= 15 is 0 Å². The molecule has 1 fully saturated rings. The van der Waals surface area contributed by atoms with Crippen molar-refractivity contribution in [3.8, 4) is 0 Å². The number of Topliss-reactive ketones (excluding diaryl/α,β-unsaturated/α-hetero) is 1. The largest absolute Gasteiger partial charge is 0.483 e. The standard InChI is InChI=1S/C23H27BrClNO4/c1-13(2)29-10-4-9-26-20(14-5-3-6-15(24)11-14)19-21(27)17-12-16(25)7-8-18(17)30-22(19)23(26)28/h3,5-6,11,13,16-18,20H,4,7-10,12H2,1-2H3. The molecule has 1 aromatic rings. The van der Waals surface area contributed by atoms with E-state index in [0.29, 0.717) is 38.0 Å². The molecular weight excluding hydrogens is 470 g/mol. The molecule has 4 rings (SSSR count). The molecule has 2 heterocycles. The summed E-state index contributed by atoms with van der Waals surface area (Å²) in [5, 5.41) is -0.0216. The SMILES string of the molecule is CC(C)OCCCN1C(=O)C2=C(C(=O)C3CC(Cl)CCC3O2)C1c1cccc(Br)c1. The minimum atomic E-state index is -0.437. The molecule has 0 aromatic heterocycles. The molecule has 4 atom stereocenters. The number of alkyl halides is 1. The van der Waals surface area contributed by atoms with Crippen LogP contribution in [0.15, 0.2) is 40.1 Å². The lowest BCUT2D eigenvalue weighted by atomic mass is 9.77. The highest BCUT2D eigenvalue weighted by Crippen LogP contribution is 2.47. The topological polar surface area (TPSA) is 55.8 Å². The first-order valence-corrected chi connectivity index (χ1v) is 11.9. The molecule has 3 aliphatic rings. The Morgan fingerprint density at radius 1 is 1.30 bits per heavy atom. The van der Waals surface area contributed by atoms with Crippen LogP contribution >= 0.6 is 27.5 Å². The molecule has 1 aromatic carbocycles. The van der Waals surface area contributed by atoms with Gasteiger partial charge < -0.3 is 14.4 Å². The normalized spacial score (nSPS) is 28.6. The van der Waals surface area contributed by atoms with E-state index in [2.05, 4.69) is 15.9 Å². The van der Waals surface area contributed by atoms with Gasteiger partial charge in [0.1, 0.15) is 6.10 Å². The number of nitrogens with zero attached hydrogens (tertiary/aromatic N) is 1. The maximum absolute atomic E-state index is 13.6. The van der Waals surface area contributed by atoms with Crippen molar-refractivity contribution in [1.82, 2.24) is 4.90 Å². The number of amides is 1. The molecule has 0 spiro atoms. The van der Waals surface area contributed by atoms with Crippen LogP contribution in [0.1, 0.15) is 51.1 Å². The van der Waals surface area contributed by atoms with Gasteiger partial charge in [0.2, 0.25) is 0 Å². The summed E-state index contributed by atoms with van der Waals surface area (Å²) < 4.78 is 12.7. The van der Waals surface area contributed by atoms with Gasteiger partial charge in [0, 0.05) is 23.0 Å². The Labute approximate surface area is 190 Å². The summed E-state index contributed by atoms with van der Waals surface area (Å²) in [6, 6.07) is 7.35. The lowest BCUT2D eigenvalue weighted by Crippen LogP contribution is -2.41. The molecule has 1 aliphatic carbocycles. The van der Waals surface area contributed by atoms with Crippen LogP contribution in [0, 0.1) is 5.92 Å². The quantitative estimate of drug-likeness (QED) is 0.420. The van der Waals surface area contributed by atoms with Crippen LogP contribution in [0.25, 0.3) is 0 Å². The zero-order valence-electron chi connectivity index (χ0n) is 17.3. The first kappa shape index (κ1) is 21.8. The van der Waals surface area contributed by atoms with E-state index in [9.17, 15) is 9.59 Å². The number of benzene rings is 1. The molecule has 4 unspecified atom stereocenters. The Bertz CT molecular complexity index is 871. The Kier molecular flexibility index (Phi) is 6.56. The Hall–Kier alpha value is -1.37. The summed E-state index contributed by atoms with van der Waals surface area (Å²) in [6.07, 6.45) is 2.70. The van der Waals surface area contributed by atoms with Gasteiger partial charge in [0.05, 0.1) is 23.6 Å². The Morgan fingerprint density at radius 2 is 2.10 bits per heavy atom. The zero-order chi connectivity index (χ0) is 21.4. The van der Waals surface area contributed by atoms with Crippen LogP contribution in [0.3, 0.4) is 0 Å². The molecule has 0 saturated heterocycles. The van der Waals surface area contributed by atoms with E-state index in [-0.39, 0.29) is 41.0 Å². The zero-order valence-corrected chi connectivity index (χ0v) is 19.6. The summed E-state index contributed by atoms with van der Waals surface area (Å²) in [6.45, 7) is 5.04. The second-order valence-electron chi connectivity index (χ2n) is 8.51. The van der Waals surface area contributed by atoms with E-state index in [1.54, 1.807) is 4.90 Å². The molecular formula is C23H27BrClNO4. The summed E-state index contributed by atoms with van der Waals surface area (Å²) in [5.41, 5.74) is 1.40. The molecule has 1 amide bonds.